The van der Waals surface area contributed by atoms with Crippen molar-refractivity contribution in [1.82, 2.24) is 5.32 Å². The maximum Gasteiger partial charge on any atom is 0.00201 e. The molecule has 17 heavy (non-hydrogen) atoms. The molecule has 1 heteroatoms. The van der Waals surface area contributed by atoms with Crippen molar-refractivity contribution in [3.05, 3.63) is 35.4 Å². The third kappa shape index (κ3) is 2.55. The Morgan fingerprint density at radius 3 is 2.29 bits per heavy atom. The van der Waals surface area contributed by atoms with E-state index >= 15 is 0 Å². The quantitative estimate of drug-likeness (QED) is 0.813. The molecule has 0 amide bonds. The van der Waals surface area contributed by atoms with Gasteiger partial charge in [0.25, 0.3) is 0 Å². The van der Waals surface area contributed by atoms with Gasteiger partial charge in [0.2, 0.25) is 0 Å². The van der Waals surface area contributed by atoms with Gasteiger partial charge in [0.1, 0.15) is 0 Å². The van der Waals surface area contributed by atoms with Gasteiger partial charge in [-0.05, 0) is 55.2 Å². The van der Waals surface area contributed by atoms with Crippen LogP contribution in [-0.2, 0) is 0 Å². The molecule has 0 aromatic heterocycles. The van der Waals surface area contributed by atoms with E-state index in [9.17, 15) is 0 Å². The summed E-state index contributed by atoms with van der Waals surface area (Å²) in [5, 5.41) is 3.52. The summed E-state index contributed by atoms with van der Waals surface area (Å²) in [6, 6.07) is 9.44. The SMILES string of the molecule is c1cc(C2CCCC2)cc(C2CCCNC2)c1. The van der Waals surface area contributed by atoms with E-state index < -0.39 is 0 Å². The summed E-state index contributed by atoms with van der Waals surface area (Å²) in [5.41, 5.74) is 3.17. The summed E-state index contributed by atoms with van der Waals surface area (Å²) in [4.78, 5) is 0. The minimum Gasteiger partial charge on any atom is -0.316 e. The van der Waals surface area contributed by atoms with Crippen molar-refractivity contribution in [2.75, 3.05) is 13.1 Å². The zero-order valence-electron chi connectivity index (χ0n) is 10.6. The molecule has 0 bridgehead atoms. The van der Waals surface area contributed by atoms with Crippen LogP contribution in [0, 0.1) is 0 Å². The highest BCUT2D eigenvalue weighted by Gasteiger charge is 2.19. The molecule has 3 rings (SSSR count). The van der Waals surface area contributed by atoms with Crippen LogP contribution in [0.15, 0.2) is 24.3 Å². The minimum absolute atomic E-state index is 0.755. The fraction of sp³-hybridized carbons (Fsp3) is 0.625. The lowest BCUT2D eigenvalue weighted by molar-refractivity contribution is 0.461. The summed E-state index contributed by atoms with van der Waals surface area (Å²) >= 11 is 0. The second-order valence-electron chi connectivity index (χ2n) is 5.69. The molecule has 1 saturated heterocycles. The van der Waals surface area contributed by atoms with Crippen LogP contribution in [0.3, 0.4) is 0 Å². The summed E-state index contributed by atoms with van der Waals surface area (Å²) in [7, 11) is 0. The molecule has 0 spiro atoms. The summed E-state index contributed by atoms with van der Waals surface area (Å²) in [6.07, 6.45) is 8.37. The molecule has 1 aromatic rings. The van der Waals surface area contributed by atoms with Crippen LogP contribution in [0.5, 0.6) is 0 Å². The number of nitrogens with one attached hydrogen (secondary N) is 1. The number of piperidine rings is 1. The molecule has 1 aromatic carbocycles. The first kappa shape index (κ1) is 11.3. The second-order valence-corrected chi connectivity index (χ2v) is 5.69. The van der Waals surface area contributed by atoms with Crippen LogP contribution in [0.1, 0.15) is 61.5 Å². The van der Waals surface area contributed by atoms with Crippen molar-refractivity contribution in [2.24, 2.45) is 0 Å². The molecule has 1 saturated carbocycles. The molecule has 0 radical (unpaired) electrons. The topological polar surface area (TPSA) is 12.0 Å². The van der Waals surface area contributed by atoms with Crippen molar-refractivity contribution >= 4 is 0 Å². The first-order valence-corrected chi connectivity index (χ1v) is 7.24. The second kappa shape index (κ2) is 5.22. The molecule has 2 fully saturated rings. The van der Waals surface area contributed by atoms with Gasteiger partial charge in [-0.15, -0.1) is 0 Å². The van der Waals surface area contributed by atoms with Gasteiger partial charge in [-0.25, -0.2) is 0 Å². The first-order chi connectivity index (χ1) is 8.43. The summed E-state index contributed by atoms with van der Waals surface area (Å²) < 4.78 is 0. The smallest absolute Gasteiger partial charge is 0.00201 e. The van der Waals surface area contributed by atoms with Crippen LogP contribution in [0.25, 0.3) is 0 Å². The van der Waals surface area contributed by atoms with Crippen LogP contribution < -0.4 is 5.32 Å². The maximum atomic E-state index is 3.52. The van der Waals surface area contributed by atoms with Gasteiger partial charge in [0, 0.05) is 6.54 Å². The van der Waals surface area contributed by atoms with E-state index in [0.717, 1.165) is 11.8 Å². The molecule has 92 valence electrons. The fourth-order valence-electron chi connectivity index (χ4n) is 3.46. The lowest BCUT2D eigenvalue weighted by atomic mass is 9.88. The third-order valence-electron chi connectivity index (χ3n) is 4.51. The minimum atomic E-state index is 0.755. The molecule has 1 atom stereocenters. The average Bonchev–Trinajstić information content (AvgIpc) is 2.94. The van der Waals surface area contributed by atoms with Gasteiger partial charge in [-0.2, -0.15) is 0 Å². The van der Waals surface area contributed by atoms with Crippen molar-refractivity contribution < 1.29 is 0 Å². The van der Waals surface area contributed by atoms with Crippen LogP contribution in [-0.4, -0.2) is 13.1 Å². The van der Waals surface area contributed by atoms with Gasteiger partial charge in [-0.1, -0.05) is 37.1 Å². The zero-order valence-corrected chi connectivity index (χ0v) is 10.6. The van der Waals surface area contributed by atoms with E-state index in [-0.39, 0.29) is 0 Å². The van der Waals surface area contributed by atoms with E-state index in [4.69, 9.17) is 0 Å². The van der Waals surface area contributed by atoms with Crippen molar-refractivity contribution in [3.8, 4) is 0 Å². The Morgan fingerprint density at radius 1 is 0.882 bits per heavy atom. The molecule has 1 heterocycles. The predicted octanol–water partition coefficient (Wildman–Crippen LogP) is 3.81. The van der Waals surface area contributed by atoms with Crippen molar-refractivity contribution in [1.29, 1.82) is 0 Å². The summed E-state index contributed by atoms with van der Waals surface area (Å²) in [5.74, 6) is 1.61. The number of rotatable bonds is 2. The highest BCUT2D eigenvalue weighted by atomic mass is 14.9. The number of hydrogen-bond donors (Lipinski definition) is 1. The predicted molar refractivity (Wildman–Crippen MR) is 72.5 cm³/mol. The molecular weight excluding hydrogens is 206 g/mol. The molecule has 2 aliphatic rings. The van der Waals surface area contributed by atoms with Gasteiger partial charge >= 0.3 is 0 Å². The van der Waals surface area contributed by atoms with Crippen LogP contribution in [0.2, 0.25) is 0 Å². The monoisotopic (exact) mass is 229 g/mol. The molecule has 1 aliphatic heterocycles. The average molecular weight is 229 g/mol. The summed E-state index contributed by atoms with van der Waals surface area (Å²) in [6.45, 7) is 2.38. The van der Waals surface area contributed by atoms with Gasteiger partial charge in [0.05, 0.1) is 0 Å². The number of hydrogen-bond acceptors (Lipinski definition) is 1. The molecule has 1 nitrogen and oxygen atoms in total. The molecule has 1 aliphatic carbocycles. The Labute approximate surface area is 105 Å². The molecular formula is C16H23N. The highest BCUT2D eigenvalue weighted by Crippen LogP contribution is 2.35. The Kier molecular flexibility index (Phi) is 3.46. The lowest BCUT2D eigenvalue weighted by Crippen LogP contribution is -2.28. The highest BCUT2D eigenvalue weighted by molar-refractivity contribution is 5.30. The standard InChI is InChI=1S/C16H23N/c1-2-6-13(5-1)14-7-3-8-15(11-14)16-9-4-10-17-12-16/h3,7-8,11,13,16-17H,1-2,4-6,9-10,12H2. The lowest BCUT2D eigenvalue weighted by Gasteiger charge is -2.24. The maximum absolute atomic E-state index is 3.52. The third-order valence-corrected chi connectivity index (χ3v) is 4.51. The Balaban J connectivity index is 1.77. The Bertz CT molecular complexity index is 360. The Hall–Kier alpha value is -0.820. The first-order valence-electron chi connectivity index (χ1n) is 7.24. The Morgan fingerprint density at radius 2 is 1.59 bits per heavy atom. The van der Waals surface area contributed by atoms with Crippen LogP contribution in [0.4, 0.5) is 0 Å². The van der Waals surface area contributed by atoms with E-state index in [1.165, 1.54) is 51.6 Å². The van der Waals surface area contributed by atoms with Crippen LogP contribution >= 0.6 is 0 Å². The van der Waals surface area contributed by atoms with Gasteiger partial charge in [-0.3, -0.25) is 0 Å². The van der Waals surface area contributed by atoms with Crippen molar-refractivity contribution in [3.63, 3.8) is 0 Å². The number of benzene rings is 1. The van der Waals surface area contributed by atoms with E-state index in [1.54, 1.807) is 11.1 Å². The van der Waals surface area contributed by atoms with Crippen molar-refractivity contribution in [2.45, 2.75) is 50.4 Å². The van der Waals surface area contributed by atoms with E-state index in [1.807, 2.05) is 0 Å². The fourth-order valence-corrected chi connectivity index (χ4v) is 3.46. The molecule has 1 N–H and O–H groups in total. The van der Waals surface area contributed by atoms with E-state index in [2.05, 4.69) is 29.6 Å². The zero-order chi connectivity index (χ0) is 11.5. The van der Waals surface area contributed by atoms with Gasteiger partial charge < -0.3 is 5.32 Å². The normalized spacial score (nSPS) is 26.2. The van der Waals surface area contributed by atoms with E-state index in [0.29, 0.717) is 0 Å². The molecule has 1 unspecified atom stereocenters. The largest absolute Gasteiger partial charge is 0.316 e. The van der Waals surface area contributed by atoms with Gasteiger partial charge in [0.15, 0.2) is 0 Å².